The van der Waals surface area contributed by atoms with Gasteiger partial charge >= 0.3 is 5.97 Å². The topological polar surface area (TPSA) is 144 Å². The van der Waals surface area contributed by atoms with Crippen molar-refractivity contribution >= 4 is 17.3 Å². The third-order valence-corrected chi connectivity index (χ3v) is 3.64. The first-order chi connectivity index (χ1) is 12.8. The molecule has 0 saturated carbocycles. The molecule has 9 nitrogen and oxygen atoms in total. The lowest BCUT2D eigenvalue weighted by atomic mass is 10.1. The van der Waals surface area contributed by atoms with E-state index >= 15 is 0 Å². The number of carboxylic acid groups (broad SMARTS) is 1. The zero-order valence-electron chi connectivity index (χ0n) is 15.2. The van der Waals surface area contributed by atoms with Crippen LogP contribution in [0.5, 0.6) is 0 Å². The predicted molar refractivity (Wildman–Crippen MR) is 101 cm³/mol. The molecule has 1 aromatic carbocycles. The van der Waals surface area contributed by atoms with Gasteiger partial charge in [-0.05, 0) is 19.3 Å². The van der Waals surface area contributed by atoms with E-state index < -0.39 is 32.8 Å². The molecule has 0 aliphatic carbocycles. The van der Waals surface area contributed by atoms with Gasteiger partial charge in [0.2, 0.25) is 0 Å². The second kappa shape index (κ2) is 14.4. The standard InChI is InChI=1S/C11H22O.C7H4N2O6/c1-2-3-4-5-6-7-8-9-10-11-12;10-7(11)4-1-5(8(12)13)3-6(2-4)9(14)15/h2,12H,1,3-11H2;1-3H,(H,10,11). The Balaban J connectivity index is 0.000000516. The number of allylic oxidation sites excluding steroid dienone is 1. The summed E-state index contributed by atoms with van der Waals surface area (Å²) in [7, 11) is 0. The van der Waals surface area contributed by atoms with E-state index in [1.54, 1.807) is 0 Å². The van der Waals surface area contributed by atoms with E-state index in [9.17, 15) is 25.0 Å². The van der Waals surface area contributed by atoms with E-state index in [1.807, 2.05) is 6.08 Å². The molecule has 0 atom stereocenters. The summed E-state index contributed by atoms with van der Waals surface area (Å²) in [5, 5.41) is 37.8. The number of carbonyl (C=O) groups is 1. The third-order valence-electron chi connectivity index (χ3n) is 3.64. The van der Waals surface area contributed by atoms with E-state index in [4.69, 9.17) is 10.2 Å². The molecular weight excluding hydrogens is 356 g/mol. The molecule has 0 heterocycles. The van der Waals surface area contributed by atoms with Gasteiger partial charge in [0.15, 0.2) is 0 Å². The Kier molecular flexibility index (Phi) is 12.9. The molecule has 0 amide bonds. The summed E-state index contributed by atoms with van der Waals surface area (Å²) in [5.74, 6) is -1.46. The monoisotopic (exact) mass is 382 g/mol. The van der Waals surface area contributed by atoms with Crippen LogP contribution in [0.3, 0.4) is 0 Å². The summed E-state index contributed by atoms with van der Waals surface area (Å²) in [6.07, 6.45) is 11.9. The Hall–Kier alpha value is -2.81. The third kappa shape index (κ3) is 11.4. The number of aliphatic hydroxyl groups is 1. The Morgan fingerprint density at radius 3 is 1.74 bits per heavy atom. The molecule has 9 heteroatoms. The molecule has 150 valence electrons. The van der Waals surface area contributed by atoms with E-state index in [2.05, 4.69) is 6.58 Å². The zero-order valence-corrected chi connectivity index (χ0v) is 15.2. The van der Waals surface area contributed by atoms with Crippen LogP contribution in [0.2, 0.25) is 0 Å². The molecule has 0 bridgehead atoms. The summed E-state index contributed by atoms with van der Waals surface area (Å²) in [5.41, 5.74) is -1.74. The highest BCUT2D eigenvalue weighted by Crippen LogP contribution is 2.22. The molecule has 0 radical (unpaired) electrons. The number of aliphatic hydroxyl groups excluding tert-OH is 1. The van der Waals surface area contributed by atoms with Gasteiger partial charge in [0.1, 0.15) is 0 Å². The lowest BCUT2D eigenvalue weighted by Gasteiger charge is -1.99. The summed E-state index contributed by atoms with van der Waals surface area (Å²) in [4.78, 5) is 29.4. The van der Waals surface area contributed by atoms with Crippen molar-refractivity contribution in [2.24, 2.45) is 0 Å². The second-order valence-electron chi connectivity index (χ2n) is 5.83. The first-order valence-electron chi connectivity index (χ1n) is 8.72. The summed E-state index contributed by atoms with van der Waals surface area (Å²) in [6.45, 7) is 4.05. The highest BCUT2D eigenvalue weighted by molar-refractivity contribution is 5.89. The van der Waals surface area contributed by atoms with Crippen LogP contribution in [-0.4, -0.2) is 32.6 Å². The number of hydrogen-bond donors (Lipinski definition) is 2. The Bertz CT molecular complexity index is 553. The fourth-order valence-electron chi connectivity index (χ4n) is 2.21. The predicted octanol–water partition coefficient (Wildman–Crippen LogP) is 4.49. The number of nitro groups is 2. The maximum Gasteiger partial charge on any atom is 0.336 e. The van der Waals surface area contributed by atoms with Crippen molar-refractivity contribution in [3.8, 4) is 0 Å². The number of hydrogen-bond acceptors (Lipinski definition) is 6. The van der Waals surface area contributed by atoms with Gasteiger partial charge in [0.25, 0.3) is 11.4 Å². The molecule has 0 aliphatic heterocycles. The zero-order chi connectivity index (χ0) is 20.7. The van der Waals surface area contributed by atoms with E-state index in [-0.39, 0.29) is 0 Å². The number of aromatic carboxylic acids is 1. The van der Waals surface area contributed by atoms with Crippen molar-refractivity contribution in [2.75, 3.05) is 6.61 Å². The van der Waals surface area contributed by atoms with Crippen LogP contribution in [0, 0.1) is 20.2 Å². The van der Waals surface area contributed by atoms with Gasteiger partial charge in [-0.3, -0.25) is 20.2 Å². The van der Waals surface area contributed by atoms with Crippen LogP contribution >= 0.6 is 0 Å². The van der Waals surface area contributed by atoms with Crippen molar-refractivity contribution in [3.63, 3.8) is 0 Å². The molecule has 1 aromatic rings. The van der Waals surface area contributed by atoms with Crippen molar-refractivity contribution < 1.29 is 24.9 Å². The minimum Gasteiger partial charge on any atom is -0.478 e. The fourth-order valence-corrected chi connectivity index (χ4v) is 2.21. The number of nitrogens with zero attached hydrogens (tertiary/aromatic N) is 2. The van der Waals surface area contributed by atoms with Gasteiger partial charge in [0.05, 0.1) is 21.5 Å². The Morgan fingerprint density at radius 2 is 1.37 bits per heavy atom. The van der Waals surface area contributed by atoms with Crippen LogP contribution in [0.4, 0.5) is 11.4 Å². The fraction of sp³-hybridized carbons (Fsp3) is 0.500. The molecule has 2 N–H and O–H groups in total. The van der Waals surface area contributed by atoms with Crippen LogP contribution in [-0.2, 0) is 0 Å². The molecule has 0 saturated heterocycles. The van der Waals surface area contributed by atoms with Crippen LogP contribution < -0.4 is 0 Å². The molecule has 27 heavy (non-hydrogen) atoms. The number of unbranched alkanes of at least 4 members (excludes halogenated alkanes) is 7. The SMILES string of the molecule is C=CCCCCCCCCCO.O=C(O)c1cc([N+](=O)[O-])cc([N+](=O)[O-])c1. The average Bonchev–Trinajstić information content (AvgIpc) is 2.64. The van der Waals surface area contributed by atoms with Gasteiger partial charge in [0, 0.05) is 18.7 Å². The van der Waals surface area contributed by atoms with Crippen LogP contribution in [0.1, 0.15) is 61.7 Å². The van der Waals surface area contributed by atoms with Gasteiger partial charge in [-0.1, -0.05) is 38.2 Å². The maximum absolute atomic E-state index is 10.5. The number of carboxylic acids is 1. The van der Waals surface area contributed by atoms with Crippen molar-refractivity contribution in [1.29, 1.82) is 0 Å². The molecular formula is C18H26N2O7. The first-order valence-corrected chi connectivity index (χ1v) is 8.72. The molecule has 0 unspecified atom stereocenters. The highest BCUT2D eigenvalue weighted by atomic mass is 16.6. The smallest absolute Gasteiger partial charge is 0.336 e. The number of benzene rings is 1. The van der Waals surface area contributed by atoms with E-state index in [1.165, 1.54) is 38.5 Å². The van der Waals surface area contributed by atoms with Gasteiger partial charge in [-0.15, -0.1) is 6.58 Å². The molecule has 0 spiro atoms. The van der Waals surface area contributed by atoms with Gasteiger partial charge in [-0.2, -0.15) is 0 Å². The minimum absolute atomic E-state index is 0.358. The van der Waals surface area contributed by atoms with Gasteiger partial charge < -0.3 is 10.2 Å². The van der Waals surface area contributed by atoms with E-state index in [0.717, 1.165) is 25.0 Å². The van der Waals surface area contributed by atoms with Crippen LogP contribution in [0.25, 0.3) is 0 Å². The summed E-state index contributed by atoms with van der Waals surface area (Å²) < 4.78 is 0. The molecule has 0 fully saturated rings. The lowest BCUT2D eigenvalue weighted by molar-refractivity contribution is -0.394. The Morgan fingerprint density at radius 1 is 0.926 bits per heavy atom. The highest BCUT2D eigenvalue weighted by Gasteiger charge is 2.19. The molecule has 0 aromatic heterocycles. The van der Waals surface area contributed by atoms with Gasteiger partial charge in [-0.25, -0.2) is 4.79 Å². The first kappa shape index (κ1) is 24.2. The normalized spacial score (nSPS) is 9.81. The molecule has 0 aliphatic rings. The number of non-ortho nitro benzene ring substituents is 2. The minimum atomic E-state index is -1.46. The lowest BCUT2D eigenvalue weighted by Crippen LogP contribution is -2.00. The quantitative estimate of drug-likeness (QED) is 0.234. The molecule has 1 rings (SSSR count). The van der Waals surface area contributed by atoms with E-state index in [0.29, 0.717) is 12.7 Å². The largest absolute Gasteiger partial charge is 0.478 e. The average molecular weight is 382 g/mol. The number of nitro benzene ring substituents is 2. The Labute approximate surface area is 157 Å². The van der Waals surface area contributed by atoms with Crippen molar-refractivity contribution in [2.45, 2.75) is 51.4 Å². The summed E-state index contributed by atoms with van der Waals surface area (Å²) >= 11 is 0. The maximum atomic E-state index is 10.5. The van der Waals surface area contributed by atoms with Crippen LogP contribution in [0.15, 0.2) is 30.9 Å². The number of rotatable bonds is 12. The van der Waals surface area contributed by atoms with Crippen molar-refractivity contribution in [1.82, 2.24) is 0 Å². The summed E-state index contributed by atoms with van der Waals surface area (Å²) in [6, 6.07) is 2.22. The van der Waals surface area contributed by atoms with Crippen molar-refractivity contribution in [3.05, 3.63) is 56.6 Å². The second-order valence-corrected chi connectivity index (χ2v) is 5.83.